The lowest BCUT2D eigenvalue weighted by Crippen LogP contribution is -2.14. The first-order valence-corrected chi connectivity index (χ1v) is 12.5. The molecule has 0 aromatic heterocycles. The summed E-state index contributed by atoms with van der Waals surface area (Å²) in [5, 5.41) is 0. The van der Waals surface area contributed by atoms with Gasteiger partial charge in [-0.1, -0.05) is 69.2 Å². The van der Waals surface area contributed by atoms with Crippen molar-refractivity contribution in [3.63, 3.8) is 0 Å². The van der Waals surface area contributed by atoms with Gasteiger partial charge in [-0.15, -0.1) is 0 Å². The normalized spacial score (nSPS) is 18.9. The molecule has 2 aromatic rings. The van der Waals surface area contributed by atoms with Crippen molar-refractivity contribution in [2.45, 2.75) is 84.0 Å². The molecule has 1 fully saturated rings. The smallest absolute Gasteiger partial charge is 0.200 e. The zero-order chi connectivity index (χ0) is 22.8. The molecule has 0 N–H and O–H groups in total. The first-order valence-electron chi connectivity index (χ1n) is 12.5. The SMILES string of the molecule is CCCCOc1ccc(C2CCC(/C=C/CCc3ccc(CCC)cc3)CC2)c(F)c1F. The van der Waals surface area contributed by atoms with Crippen LogP contribution >= 0.6 is 0 Å². The van der Waals surface area contributed by atoms with E-state index in [0.717, 1.165) is 57.8 Å². The van der Waals surface area contributed by atoms with Gasteiger partial charge in [0.15, 0.2) is 11.6 Å². The zero-order valence-electron chi connectivity index (χ0n) is 19.7. The molecule has 0 unspecified atom stereocenters. The van der Waals surface area contributed by atoms with E-state index in [4.69, 9.17) is 4.74 Å². The van der Waals surface area contributed by atoms with Crippen molar-refractivity contribution in [2.24, 2.45) is 5.92 Å². The minimum atomic E-state index is -0.830. The van der Waals surface area contributed by atoms with Crippen molar-refractivity contribution >= 4 is 0 Å². The van der Waals surface area contributed by atoms with Gasteiger partial charge in [-0.3, -0.25) is 0 Å². The van der Waals surface area contributed by atoms with Gasteiger partial charge < -0.3 is 4.74 Å². The summed E-state index contributed by atoms with van der Waals surface area (Å²) in [4.78, 5) is 0. The Morgan fingerprint density at radius 1 is 0.844 bits per heavy atom. The molecule has 1 saturated carbocycles. The Morgan fingerprint density at radius 3 is 2.19 bits per heavy atom. The fraction of sp³-hybridized carbons (Fsp3) is 0.517. The maximum Gasteiger partial charge on any atom is 0.200 e. The summed E-state index contributed by atoms with van der Waals surface area (Å²) >= 11 is 0. The number of benzene rings is 2. The van der Waals surface area contributed by atoms with E-state index in [9.17, 15) is 8.78 Å². The summed E-state index contributed by atoms with van der Waals surface area (Å²) in [5.41, 5.74) is 3.32. The lowest BCUT2D eigenvalue weighted by molar-refractivity contribution is 0.286. The second kappa shape index (κ2) is 12.8. The third-order valence-electron chi connectivity index (χ3n) is 6.61. The van der Waals surface area contributed by atoms with E-state index in [-0.39, 0.29) is 11.7 Å². The number of hydrogen-bond donors (Lipinski definition) is 0. The largest absolute Gasteiger partial charge is 0.490 e. The Labute approximate surface area is 192 Å². The molecular weight excluding hydrogens is 402 g/mol. The Hall–Kier alpha value is -2.16. The molecular formula is C29H38F2O. The molecule has 0 radical (unpaired) electrons. The maximum absolute atomic E-state index is 14.7. The third kappa shape index (κ3) is 6.92. The minimum Gasteiger partial charge on any atom is -0.490 e. The number of allylic oxidation sites excluding steroid dienone is 2. The molecule has 2 aromatic carbocycles. The summed E-state index contributed by atoms with van der Waals surface area (Å²) in [5.74, 6) is -0.870. The van der Waals surface area contributed by atoms with E-state index in [1.165, 1.54) is 17.5 Å². The van der Waals surface area contributed by atoms with E-state index in [2.05, 4.69) is 43.3 Å². The fourth-order valence-electron chi connectivity index (χ4n) is 4.62. The van der Waals surface area contributed by atoms with Crippen LogP contribution in [0.1, 0.15) is 87.8 Å². The number of unbranched alkanes of at least 4 members (excludes halogenated alkanes) is 1. The van der Waals surface area contributed by atoms with E-state index >= 15 is 0 Å². The number of ether oxygens (including phenoxy) is 1. The highest BCUT2D eigenvalue weighted by Gasteiger charge is 2.25. The number of rotatable bonds is 11. The first kappa shape index (κ1) is 24.5. The molecule has 1 nitrogen and oxygen atoms in total. The summed E-state index contributed by atoms with van der Waals surface area (Å²) in [6.45, 7) is 4.68. The predicted octanol–water partition coefficient (Wildman–Crippen LogP) is 8.56. The molecule has 0 aliphatic heterocycles. The van der Waals surface area contributed by atoms with Crippen molar-refractivity contribution in [3.8, 4) is 5.75 Å². The third-order valence-corrected chi connectivity index (χ3v) is 6.61. The van der Waals surface area contributed by atoms with Gasteiger partial charge >= 0.3 is 0 Å². The molecule has 0 heterocycles. The average Bonchev–Trinajstić information content (AvgIpc) is 2.81. The van der Waals surface area contributed by atoms with Crippen LogP contribution in [0.15, 0.2) is 48.6 Å². The average molecular weight is 441 g/mol. The minimum absolute atomic E-state index is 0.0383. The van der Waals surface area contributed by atoms with Gasteiger partial charge in [-0.05, 0) is 86.0 Å². The highest BCUT2D eigenvalue weighted by molar-refractivity contribution is 5.33. The highest BCUT2D eigenvalue weighted by Crippen LogP contribution is 2.39. The van der Waals surface area contributed by atoms with Gasteiger partial charge in [0.1, 0.15) is 0 Å². The number of aryl methyl sites for hydroxylation is 2. The highest BCUT2D eigenvalue weighted by atomic mass is 19.2. The van der Waals surface area contributed by atoms with E-state index in [1.54, 1.807) is 12.1 Å². The van der Waals surface area contributed by atoms with Gasteiger partial charge in [-0.2, -0.15) is 4.39 Å². The second-order valence-corrected chi connectivity index (χ2v) is 9.13. The van der Waals surface area contributed by atoms with Crippen LogP contribution in [0.25, 0.3) is 0 Å². The van der Waals surface area contributed by atoms with Crippen LogP contribution < -0.4 is 4.74 Å². The van der Waals surface area contributed by atoms with Crippen LogP contribution in [0.5, 0.6) is 5.75 Å². The van der Waals surface area contributed by atoms with Crippen molar-refractivity contribution in [3.05, 3.63) is 76.9 Å². The first-order chi connectivity index (χ1) is 15.6. The molecule has 0 bridgehead atoms. The van der Waals surface area contributed by atoms with Crippen LogP contribution in [-0.2, 0) is 12.8 Å². The number of hydrogen-bond acceptors (Lipinski definition) is 1. The number of halogens is 2. The molecule has 3 heteroatoms. The van der Waals surface area contributed by atoms with Gasteiger partial charge in [0.25, 0.3) is 0 Å². The Bertz CT molecular complexity index is 848. The monoisotopic (exact) mass is 440 g/mol. The van der Waals surface area contributed by atoms with Crippen LogP contribution in [0.2, 0.25) is 0 Å². The predicted molar refractivity (Wildman–Crippen MR) is 129 cm³/mol. The van der Waals surface area contributed by atoms with Crippen molar-refractivity contribution in [1.29, 1.82) is 0 Å². The van der Waals surface area contributed by atoms with E-state index in [0.29, 0.717) is 18.1 Å². The molecule has 1 aliphatic rings. The van der Waals surface area contributed by atoms with Crippen LogP contribution in [0.4, 0.5) is 8.78 Å². The van der Waals surface area contributed by atoms with E-state index in [1.807, 2.05) is 6.92 Å². The summed E-state index contributed by atoms with van der Waals surface area (Å²) in [7, 11) is 0. The van der Waals surface area contributed by atoms with Gasteiger partial charge in [-0.25, -0.2) is 4.39 Å². The molecule has 1 aliphatic carbocycles. The standard InChI is InChI=1S/C29H38F2O/c1-3-5-21-32-27-20-19-26(28(30)29(27)31)25-17-15-24(16-18-25)10-7-6-9-23-13-11-22(8-4-2)12-14-23/h7,10-14,19-20,24-25H,3-6,8-9,15-18,21H2,1-2H3/b10-7+. The summed E-state index contributed by atoms with van der Waals surface area (Å²) in [6, 6.07) is 12.3. The van der Waals surface area contributed by atoms with Gasteiger partial charge in [0, 0.05) is 0 Å². The molecule has 32 heavy (non-hydrogen) atoms. The van der Waals surface area contributed by atoms with Crippen LogP contribution in [0.3, 0.4) is 0 Å². The fourth-order valence-corrected chi connectivity index (χ4v) is 4.62. The van der Waals surface area contributed by atoms with Gasteiger partial charge in [0.2, 0.25) is 5.82 Å². The molecule has 0 spiro atoms. The summed E-state index contributed by atoms with van der Waals surface area (Å²) in [6.07, 6.45) is 14.8. The molecule has 174 valence electrons. The van der Waals surface area contributed by atoms with Crippen LogP contribution in [-0.4, -0.2) is 6.61 Å². The molecule has 0 atom stereocenters. The Morgan fingerprint density at radius 2 is 1.53 bits per heavy atom. The molecule has 0 saturated heterocycles. The van der Waals surface area contributed by atoms with E-state index < -0.39 is 11.6 Å². The van der Waals surface area contributed by atoms with Crippen LogP contribution in [0, 0.1) is 17.6 Å². The zero-order valence-corrected chi connectivity index (χ0v) is 19.7. The van der Waals surface area contributed by atoms with Crippen molar-refractivity contribution in [2.75, 3.05) is 6.61 Å². The molecule has 0 amide bonds. The van der Waals surface area contributed by atoms with Crippen molar-refractivity contribution in [1.82, 2.24) is 0 Å². The summed E-state index contributed by atoms with van der Waals surface area (Å²) < 4.78 is 34.5. The lowest BCUT2D eigenvalue weighted by atomic mass is 9.78. The maximum atomic E-state index is 14.7. The lowest BCUT2D eigenvalue weighted by Gasteiger charge is -2.27. The topological polar surface area (TPSA) is 9.23 Å². The van der Waals surface area contributed by atoms with Gasteiger partial charge in [0.05, 0.1) is 6.61 Å². The Kier molecular flexibility index (Phi) is 9.77. The van der Waals surface area contributed by atoms with Crippen molar-refractivity contribution < 1.29 is 13.5 Å². The quantitative estimate of drug-likeness (QED) is 0.251. The second-order valence-electron chi connectivity index (χ2n) is 9.13. The Balaban J connectivity index is 1.45. The molecule has 3 rings (SSSR count).